The van der Waals surface area contributed by atoms with Crippen molar-refractivity contribution in [1.29, 1.82) is 0 Å². The summed E-state index contributed by atoms with van der Waals surface area (Å²) in [5, 5.41) is 7.25. The van der Waals surface area contributed by atoms with Gasteiger partial charge in [0.1, 0.15) is 23.3 Å². The number of alkyl halides is 6. The Bertz CT molecular complexity index is 2750. The Kier molecular flexibility index (Phi) is 17.2. The van der Waals surface area contributed by atoms with Gasteiger partial charge in [-0.1, -0.05) is 41.4 Å². The van der Waals surface area contributed by atoms with Crippen LogP contribution in [0.25, 0.3) is 11.5 Å². The minimum absolute atomic E-state index is 0.00574. The highest BCUT2D eigenvalue weighted by Gasteiger charge is 2.39. The van der Waals surface area contributed by atoms with E-state index in [1.165, 1.54) is 63.6 Å². The molecule has 0 radical (unpaired) electrons. The van der Waals surface area contributed by atoms with Crippen LogP contribution in [0.15, 0.2) is 77.2 Å². The van der Waals surface area contributed by atoms with Crippen LogP contribution in [0.5, 0.6) is 0 Å². The predicted molar refractivity (Wildman–Crippen MR) is 239 cm³/mol. The zero-order valence-corrected chi connectivity index (χ0v) is 38.9. The second-order valence-electron chi connectivity index (χ2n) is 16.1. The summed E-state index contributed by atoms with van der Waals surface area (Å²) in [5.41, 5.74) is 0.216. The van der Waals surface area contributed by atoms with Crippen molar-refractivity contribution < 1.29 is 67.5 Å². The fraction of sp³-hybridized carbons (Fsp3) is 0.333. The summed E-state index contributed by atoms with van der Waals surface area (Å²) >= 11 is 11.8. The van der Waals surface area contributed by atoms with E-state index in [2.05, 4.69) is 19.5 Å². The molecular formula is C45H41Cl2F10N9O5. The summed E-state index contributed by atoms with van der Waals surface area (Å²) in [6.45, 7) is 2.77. The monoisotopic (exact) mass is 1050 g/mol. The number of hydrogen-bond donors (Lipinski definition) is 1. The number of anilines is 2. The van der Waals surface area contributed by atoms with Crippen LogP contribution in [0.2, 0.25) is 10.0 Å². The lowest BCUT2D eigenvalue weighted by Gasteiger charge is -2.36. The van der Waals surface area contributed by atoms with Gasteiger partial charge in [0.2, 0.25) is 5.89 Å². The molecule has 7 rings (SSSR count). The van der Waals surface area contributed by atoms with Gasteiger partial charge in [-0.15, -0.1) is 10.2 Å². The van der Waals surface area contributed by atoms with Crippen molar-refractivity contribution in [3.8, 4) is 11.5 Å². The summed E-state index contributed by atoms with van der Waals surface area (Å²) in [7, 11) is 3.84. The van der Waals surface area contributed by atoms with Gasteiger partial charge < -0.3 is 29.3 Å². The molecule has 0 atom stereocenters. The van der Waals surface area contributed by atoms with Crippen LogP contribution >= 0.6 is 23.2 Å². The third-order valence-electron chi connectivity index (χ3n) is 11.1. The van der Waals surface area contributed by atoms with E-state index >= 15 is 0 Å². The molecule has 5 amide bonds. The molecule has 0 bridgehead atoms. The highest BCUT2D eigenvalue weighted by atomic mass is 35.5. The molecule has 4 aromatic carbocycles. The van der Waals surface area contributed by atoms with Crippen molar-refractivity contribution in [1.82, 2.24) is 35.1 Å². The van der Waals surface area contributed by atoms with Crippen LogP contribution in [-0.4, -0.2) is 133 Å². The van der Waals surface area contributed by atoms with Crippen molar-refractivity contribution >= 4 is 58.3 Å². The molecule has 14 nitrogen and oxygen atoms in total. The fourth-order valence-electron chi connectivity index (χ4n) is 7.00. The van der Waals surface area contributed by atoms with Crippen LogP contribution < -0.4 is 15.1 Å². The highest BCUT2D eigenvalue weighted by molar-refractivity contribution is 6.31. The van der Waals surface area contributed by atoms with Crippen LogP contribution in [0.1, 0.15) is 27.4 Å². The molecule has 2 aliphatic rings. The Morgan fingerprint density at radius 1 is 0.620 bits per heavy atom. The summed E-state index contributed by atoms with van der Waals surface area (Å²) < 4.78 is 137. The number of piperazine rings is 2. The molecule has 1 aromatic heterocycles. The Labute approximate surface area is 408 Å². The predicted octanol–water partition coefficient (Wildman–Crippen LogP) is 8.91. The first-order valence-corrected chi connectivity index (χ1v) is 21.9. The van der Waals surface area contributed by atoms with E-state index in [0.717, 1.165) is 24.3 Å². The standard InChI is InChI=1S/C23H22ClF5N4O3.C22H19ClF5N5O2/c1-31-6-8-32(9-7-31)22(36)33(16-4-5-18(25)17(24)11-16)13-15-3-2-14(10-19(15)26)20(34)12-30-21(35)23(27,28)29;1-31-6-8-32(9-7-31)21(34)33(15-4-5-17(24)16(23)11-15)12-14-3-2-13(10-18(14)25)19-29-30-20(35-19)22(26,27)28/h2-5,10-11H,6-9,12-13H2,1H3,(H,30,35);2-5,10-11H,6-9,12H2,1H3. The molecule has 5 aromatic rings. The molecule has 2 aliphatic heterocycles. The topological polar surface area (TPSA) is 139 Å². The molecule has 2 saturated heterocycles. The maximum atomic E-state index is 15.0. The molecule has 0 unspecified atom stereocenters. The number of amides is 5. The zero-order chi connectivity index (χ0) is 51.9. The number of benzene rings is 4. The van der Waals surface area contributed by atoms with E-state index in [1.54, 1.807) is 9.80 Å². The van der Waals surface area contributed by atoms with E-state index in [-0.39, 0.29) is 56.8 Å². The number of hydrogen-bond acceptors (Lipinski definition) is 9. The molecular weight excluding hydrogens is 1010 g/mol. The molecule has 1 N–H and O–H groups in total. The lowest BCUT2D eigenvalue weighted by atomic mass is 10.1. The quantitative estimate of drug-likeness (QED) is 0.107. The number of carbonyl (C=O) groups excluding carboxylic acids is 4. The smallest absolute Gasteiger partial charge is 0.413 e. The van der Waals surface area contributed by atoms with Crippen LogP contribution in [0, 0.1) is 23.3 Å². The maximum absolute atomic E-state index is 15.0. The highest BCUT2D eigenvalue weighted by Crippen LogP contribution is 2.32. The van der Waals surface area contributed by atoms with Crippen molar-refractivity contribution in [2.45, 2.75) is 25.4 Å². The van der Waals surface area contributed by atoms with Crippen molar-refractivity contribution in [2.75, 3.05) is 82.8 Å². The fourth-order valence-corrected chi connectivity index (χ4v) is 7.35. The van der Waals surface area contributed by atoms with E-state index < -0.39 is 77.7 Å². The minimum atomic E-state index is -5.15. The average Bonchev–Trinajstić information content (AvgIpc) is 3.84. The van der Waals surface area contributed by atoms with Gasteiger partial charge in [0.15, 0.2) is 5.78 Å². The molecule has 0 saturated carbocycles. The SMILES string of the molecule is CN1CCN(C(=O)N(Cc2ccc(-c3nnc(C(F)(F)F)o3)cc2F)c2ccc(F)c(Cl)c2)CC1.CN1CCN(C(=O)N(Cc2ccc(C(=O)CNC(=O)C(F)(F)F)cc2F)c2ccc(F)c(Cl)c2)CC1. The van der Waals surface area contributed by atoms with E-state index in [9.17, 15) is 63.1 Å². The number of rotatable bonds is 10. The first-order chi connectivity index (χ1) is 33.4. The Morgan fingerprint density at radius 3 is 1.49 bits per heavy atom. The third kappa shape index (κ3) is 13.9. The Hall–Kier alpha value is -6.50. The van der Waals surface area contributed by atoms with Crippen molar-refractivity contribution in [3.05, 3.63) is 129 Å². The number of carbonyl (C=O) groups is 4. The number of aromatic nitrogens is 2. The van der Waals surface area contributed by atoms with E-state index in [4.69, 9.17) is 23.2 Å². The molecule has 71 heavy (non-hydrogen) atoms. The molecule has 2 fully saturated rings. The third-order valence-corrected chi connectivity index (χ3v) is 11.7. The Morgan fingerprint density at radius 2 is 1.08 bits per heavy atom. The summed E-state index contributed by atoms with van der Waals surface area (Å²) in [5.74, 6) is -8.34. The second-order valence-corrected chi connectivity index (χ2v) is 17.0. The molecule has 3 heterocycles. The van der Waals surface area contributed by atoms with Gasteiger partial charge in [-0.2, -0.15) is 26.3 Å². The molecule has 380 valence electrons. The largest absolute Gasteiger partial charge is 0.471 e. The first-order valence-electron chi connectivity index (χ1n) is 21.2. The number of nitrogens with one attached hydrogen (secondary N) is 1. The van der Waals surface area contributed by atoms with Crippen LogP contribution in [-0.2, 0) is 24.1 Å². The van der Waals surface area contributed by atoms with Crippen LogP contribution in [0.3, 0.4) is 0 Å². The molecule has 26 heteroatoms. The van der Waals surface area contributed by atoms with Crippen LogP contribution in [0.4, 0.5) is 64.9 Å². The van der Waals surface area contributed by atoms with Gasteiger partial charge in [-0.3, -0.25) is 19.4 Å². The number of halogens is 12. The summed E-state index contributed by atoms with van der Waals surface area (Å²) in [4.78, 5) is 59.4. The van der Waals surface area contributed by atoms with Gasteiger partial charge in [0, 0.05) is 86.0 Å². The van der Waals surface area contributed by atoms with E-state index in [1.807, 2.05) is 19.0 Å². The number of ketones is 1. The van der Waals surface area contributed by atoms with Gasteiger partial charge >= 0.3 is 36.2 Å². The lowest BCUT2D eigenvalue weighted by Crippen LogP contribution is -2.52. The minimum Gasteiger partial charge on any atom is -0.413 e. The van der Waals surface area contributed by atoms with Gasteiger partial charge in [-0.25, -0.2) is 27.2 Å². The van der Waals surface area contributed by atoms with Crippen molar-refractivity contribution in [3.63, 3.8) is 0 Å². The first kappa shape index (κ1) is 53.8. The van der Waals surface area contributed by atoms with Gasteiger partial charge in [0.05, 0.1) is 29.7 Å². The molecule has 0 aliphatic carbocycles. The summed E-state index contributed by atoms with van der Waals surface area (Å²) in [6, 6.07) is 13.3. The zero-order valence-electron chi connectivity index (χ0n) is 37.4. The average molecular weight is 1050 g/mol. The lowest BCUT2D eigenvalue weighted by molar-refractivity contribution is -0.173. The number of Topliss-reactive ketones (excluding diaryl/α,β-unsaturated/α-hetero) is 1. The number of urea groups is 2. The molecule has 0 spiro atoms. The summed E-state index contributed by atoms with van der Waals surface area (Å²) in [6.07, 6.45) is -9.98. The van der Waals surface area contributed by atoms with E-state index in [0.29, 0.717) is 52.4 Å². The van der Waals surface area contributed by atoms with Gasteiger partial charge in [0.25, 0.3) is 0 Å². The normalized spacial score (nSPS) is 14.7. The van der Waals surface area contributed by atoms with Gasteiger partial charge in [-0.05, 0) is 68.7 Å². The van der Waals surface area contributed by atoms with Crippen molar-refractivity contribution in [2.24, 2.45) is 0 Å². The second kappa shape index (κ2) is 22.7. The number of likely N-dealkylation sites (N-methyl/N-ethyl adjacent to an activating group) is 2. The maximum Gasteiger partial charge on any atom is 0.471 e. The number of nitrogens with zero attached hydrogens (tertiary/aromatic N) is 8. The Balaban J connectivity index is 0.000000232.